The lowest BCUT2D eigenvalue weighted by molar-refractivity contribution is -0.106. The minimum absolute atomic E-state index is 0.0134. The second-order valence-electron chi connectivity index (χ2n) is 4.03. The van der Waals surface area contributed by atoms with E-state index in [1.807, 2.05) is 0 Å². The van der Waals surface area contributed by atoms with Crippen molar-refractivity contribution < 1.29 is 14.6 Å². The SMILES string of the molecule is C#Cc1cccc(N(C=O)c2ccc(O)c(OC)c2)c1. The zero-order valence-corrected chi connectivity index (χ0v) is 10.9. The van der Waals surface area contributed by atoms with Crippen molar-refractivity contribution in [1.82, 2.24) is 0 Å². The molecular formula is C16H13NO3. The molecule has 4 nitrogen and oxygen atoms in total. The Bertz CT molecular complexity index is 674. The van der Waals surface area contributed by atoms with Gasteiger partial charge < -0.3 is 9.84 Å². The highest BCUT2D eigenvalue weighted by atomic mass is 16.5. The van der Waals surface area contributed by atoms with Gasteiger partial charge in [-0.2, -0.15) is 0 Å². The molecule has 0 saturated carbocycles. The van der Waals surface area contributed by atoms with Crippen LogP contribution in [-0.2, 0) is 4.79 Å². The van der Waals surface area contributed by atoms with Gasteiger partial charge in [-0.15, -0.1) is 6.42 Å². The Morgan fingerprint density at radius 2 is 2.00 bits per heavy atom. The molecule has 100 valence electrons. The number of rotatable bonds is 4. The van der Waals surface area contributed by atoms with Crippen LogP contribution in [0.4, 0.5) is 11.4 Å². The van der Waals surface area contributed by atoms with Crippen LogP contribution in [0.5, 0.6) is 11.5 Å². The van der Waals surface area contributed by atoms with Crippen molar-refractivity contribution >= 4 is 17.8 Å². The zero-order chi connectivity index (χ0) is 14.5. The Balaban J connectivity index is 2.47. The topological polar surface area (TPSA) is 49.8 Å². The molecule has 1 amide bonds. The van der Waals surface area contributed by atoms with Gasteiger partial charge in [0, 0.05) is 17.3 Å². The number of phenolic OH excluding ortho intramolecular Hbond substituents is 1. The largest absolute Gasteiger partial charge is 0.504 e. The summed E-state index contributed by atoms with van der Waals surface area (Å²) in [5.74, 6) is 2.83. The molecule has 0 unspecified atom stereocenters. The molecule has 0 atom stereocenters. The number of anilines is 2. The van der Waals surface area contributed by atoms with E-state index in [2.05, 4.69) is 5.92 Å². The monoisotopic (exact) mass is 267 g/mol. The number of benzene rings is 2. The molecule has 0 bridgehead atoms. The average Bonchev–Trinajstić information content (AvgIpc) is 2.50. The summed E-state index contributed by atoms with van der Waals surface area (Å²) in [6, 6.07) is 11.7. The highest BCUT2D eigenvalue weighted by Crippen LogP contribution is 2.33. The summed E-state index contributed by atoms with van der Waals surface area (Å²) in [5, 5.41) is 9.58. The van der Waals surface area contributed by atoms with Crippen LogP contribution in [0.1, 0.15) is 5.56 Å². The molecule has 20 heavy (non-hydrogen) atoms. The Morgan fingerprint density at radius 1 is 1.25 bits per heavy atom. The minimum atomic E-state index is 0.0134. The molecule has 1 N–H and O–H groups in total. The summed E-state index contributed by atoms with van der Waals surface area (Å²) < 4.78 is 5.04. The minimum Gasteiger partial charge on any atom is -0.504 e. The number of hydrogen-bond donors (Lipinski definition) is 1. The van der Waals surface area contributed by atoms with Gasteiger partial charge in [0.1, 0.15) is 0 Å². The molecule has 2 aromatic carbocycles. The molecule has 0 aromatic heterocycles. The number of terminal acetylenes is 1. The van der Waals surface area contributed by atoms with Crippen LogP contribution in [0.3, 0.4) is 0 Å². The summed E-state index contributed by atoms with van der Waals surface area (Å²) in [4.78, 5) is 12.8. The smallest absolute Gasteiger partial charge is 0.218 e. The molecule has 0 spiro atoms. The summed E-state index contributed by atoms with van der Waals surface area (Å²) >= 11 is 0. The third kappa shape index (κ3) is 2.57. The molecule has 0 radical (unpaired) electrons. The average molecular weight is 267 g/mol. The Hall–Kier alpha value is -2.93. The van der Waals surface area contributed by atoms with E-state index in [9.17, 15) is 9.90 Å². The first-order valence-electron chi connectivity index (χ1n) is 5.88. The highest BCUT2D eigenvalue weighted by molar-refractivity contribution is 5.87. The number of phenols is 1. The second-order valence-corrected chi connectivity index (χ2v) is 4.03. The molecular weight excluding hydrogens is 254 g/mol. The normalized spacial score (nSPS) is 9.60. The van der Waals surface area contributed by atoms with Gasteiger partial charge in [-0.25, -0.2) is 0 Å². The molecule has 0 aliphatic rings. The van der Waals surface area contributed by atoms with E-state index in [4.69, 9.17) is 11.2 Å². The van der Waals surface area contributed by atoms with Gasteiger partial charge in [0.05, 0.1) is 12.8 Å². The van der Waals surface area contributed by atoms with E-state index in [1.165, 1.54) is 18.1 Å². The highest BCUT2D eigenvalue weighted by Gasteiger charge is 2.11. The number of aromatic hydroxyl groups is 1. The van der Waals surface area contributed by atoms with Crippen molar-refractivity contribution in [3.63, 3.8) is 0 Å². The zero-order valence-electron chi connectivity index (χ0n) is 10.9. The van der Waals surface area contributed by atoms with Crippen LogP contribution in [0.2, 0.25) is 0 Å². The summed E-state index contributed by atoms with van der Waals surface area (Å²) in [6.45, 7) is 0. The van der Waals surface area contributed by atoms with Crippen molar-refractivity contribution in [3.8, 4) is 23.8 Å². The van der Waals surface area contributed by atoms with Crippen LogP contribution < -0.4 is 9.64 Å². The Kier molecular flexibility index (Phi) is 3.92. The van der Waals surface area contributed by atoms with Crippen molar-refractivity contribution in [2.45, 2.75) is 0 Å². The molecule has 0 fully saturated rings. The fourth-order valence-electron chi connectivity index (χ4n) is 1.83. The number of carbonyl (C=O) groups excluding carboxylic acids is 1. The van der Waals surface area contributed by atoms with Gasteiger partial charge in [0.15, 0.2) is 11.5 Å². The van der Waals surface area contributed by atoms with E-state index < -0.39 is 0 Å². The second kappa shape index (κ2) is 5.81. The van der Waals surface area contributed by atoms with Gasteiger partial charge in [0.2, 0.25) is 6.41 Å². The van der Waals surface area contributed by atoms with Crippen molar-refractivity contribution in [2.24, 2.45) is 0 Å². The Labute approximate surface area is 117 Å². The van der Waals surface area contributed by atoms with Crippen LogP contribution in [-0.4, -0.2) is 18.6 Å². The summed E-state index contributed by atoms with van der Waals surface area (Å²) in [7, 11) is 1.45. The number of amides is 1. The van der Waals surface area contributed by atoms with Crippen molar-refractivity contribution in [2.75, 3.05) is 12.0 Å². The van der Waals surface area contributed by atoms with Gasteiger partial charge in [-0.05, 0) is 30.3 Å². The first kappa shape index (κ1) is 13.5. The lowest BCUT2D eigenvalue weighted by Gasteiger charge is -2.18. The predicted octanol–water partition coefficient (Wildman–Crippen LogP) is 2.68. The number of methoxy groups -OCH3 is 1. The Morgan fingerprint density at radius 3 is 2.65 bits per heavy atom. The molecule has 0 heterocycles. The van der Waals surface area contributed by atoms with Gasteiger partial charge in [0.25, 0.3) is 0 Å². The van der Waals surface area contributed by atoms with E-state index in [0.29, 0.717) is 29.1 Å². The maximum atomic E-state index is 11.4. The predicted molar refractivity (Wildman–Crippen MR) is 77.2 cm³/mol. The molecule has 4 heteroatoms. The summed E-state index contributed by atoms with van der Waals surface area (Å²) in [5.41, 5.74) is 1.90. The lowest BCUT2D eigenvalue weighted by atomic mass is 10.2. The standard InChI is InChI=1S/C16H13NO3/c1-3-12-5-4-6-13(9-12)17(11-18)14-7-8-15(19)16(10-14)20-2/h1,4-11,19H,2H3. The van der Waals surface area contributed by atoms with Crippen molar-refractivity contribution in [3.05, 3.63) is 48.0 Å². The van der Waals surface area contributed by atoms with Crippen molar-refractivity contribution in [1.29, 1.82) is 0 Å². The number of carbonyl (C=O) groups is 1. The maximum absolute atomic E-state index is 11.4. The van der Waals surface area contributed by atoms with E-state index in [1.54, 1.807) is 36.4 Å². The van der Waals surface area contributed by atoms with E-state index >= 15 is 0 Å². The van der Waals surface area contributed by atoms with Crippen LogP contribution in [0.15, 0.2) is 42.5 Å². The lowest BCUT2D eigenvalue weighted by Crippen LogP contribution is -2.14. The fourth-order valence-corrected chi connectivity index (χ4v) is 1.83. The molecule has 0 aliphatic heterocycles. The molecule has 0 aliphatic carbocycles. The number of hydrogen-bond acceptors (Lipinski definition) is 3. The molecule has 0 saturated heterocycles. The van der Waals surface area contributed by atoms with E-state index in [-0.39, 0.29) is 5.75 Å². The quantitative estimate of drug-likeness (QED) is 0.684. The third-order valence-corrected chi connectivity index (χ3v) is 2.84. The number of ether oxygens (including phenoxy) is 1. The summed E-state index contributed by atoms with van der Waals surface area (Å²) in [6.07, 6.45) is 6.04. The molecule has 2 aromatic rings. The van der Waals surface area contributed by atoms with E-state index in [0.717, 1.165) is 0 Å². The van der Waals surface area contributed by atoms with Gasteiger partial charge in [-0.1, -0.05) is 12.0 Å². The first-order chi connectivity index (χ1) is 9.69. The molecule has 2 rings (SSSR count). The van der Waals surface area contributed by atoms with Crippen LogP contribution in [0, 0.1) is 12.3 Å². The van der Waals surface area contributed by atoms with Gasteiger partial charge >= 0.3 is 0 Å². The fraction of sp³-hybridized carbons (Fsp3) is 0.0625. The maximum Gasteiger partial charge on any atom is 0.218 e. The first-order valence-corrected chi connectivity index (χ1v) is 5.88. The van der Waals surface area contributed by atoms with Crippen LogP contribution in [0.25, 0.3) is 0 Å². The van der Waals surface area contributed by atoms with Gasteiger partial charge in [-0.3, -0.25) is 9.69 Å². The van der Waals surface area contributed by atoms with Crippen LogP contribution >= 0.6 is 0 Å². The number of nitrogens with zero attached hydrogens (tertiary/aromatic N) is 1. The third-order valence-electron chi connectivity index (χ3n) is 2.84.